The lowest BCUT2D eigenvalue weighted by atomic mass is 10.1. The maximum atomic E-state index is 5.47. The summed E-state index contributed by atoms with van der Waals surface area (Å²) in [5.41, 5.74) is 1.69. The van der Waals surface area contributed by atoms with Gasteiger partial charge in [-0.3, -0.25) is 0 Å². The van der Waals surface area contributed by atoms with Crippen LogP contribution < -0.4 is 14.2 Å². The van der Waals surface area contributed by atoms with Crippen LogP contribution in [0.1, 0.15) is 0 Å². The monoisotopic (exact) mass is 269 g/mol. The molecule has 102 valence electrons. The van der Waals surface area contributed by atoms with Crippen LogP contribution in [0.25, 0.3) is 21.8 Å². The zero-order chi connectivity index (χ0) is 14.1. The minimum Gasteiger partial charge on any atom is -0.493 e. The lowest BCUT2D eigenvalue weighted by Gasteiger charge is -2.14. The molecule has 0 unspecified atom stereocenters. The van der Waals surface area contributed by atoms with Gasteiger partial charge in [-0.15, -0.1) is 0 Å². The molecule has 3 rings (SSSR count). The predicted molar refractivity (Wildman–Crippen MR) is 78.9 cm³/mol. The lowest BCUT2D eigenvalue weighted by Crippen LogP contribution is -1.97. The Balaban J connectivity index is 2.44. The van der Waals surface area contributed by atoms with E-state index in [-0.39, 0.29) is 0 Å². The molecule has 0 aliphatic heterocycles. The molecule has 0 spiro atoms. The molecule has 0 fully saturated rings. The fourth-order valence-electron chi connectivity index (χ4n) is 2.38. The first-order chi connectivity index (χ1) is 9.78. The average molecular weight is 269 g/mol. The summed E-state index contributed by atoms with van der Waals surface area (Å²) in [6.07, 6.45) is 0. The van der Waals surface area contributed by atoms with Crippen LogP contribution in [0.4, 0.5) is 0 Å². The third-order valence-electron chi connectivity index (χ3n) is 3.31. The highest BCUT2D eigenvalue weighted by atomic mass is 16.5. The second-order valence-corrected chi connectivity index (χ2v) is 4.40. The van der Waals surface area contributed by atoms with Crippen molar-refractivity contribution in [1.82, 2.24) is 4.98 Å². The van der Waals surface area contributed by atoms with Crippen molar-refractivity contribution < 1.29 is 14.2 Å². The molecule has 0 aliphatic rings. The van der Waals surface area contributed by atoms with Gasteiger partial charge in [0.15, 0.2) is 11.5 Å². The molecule has 1 heterocycles. The summed E-state index contributed by atoms with van der Waals surface area (Å²) >= 11 is 0. The molecule has 0 atom stereocenters. The van der Waals surface area contributed by atoms with Crippen molar-refractivity contribution in [2.45, 2.75) is 0 Å². The minimum absolute atomic E-state index is 0.560. The Hall–Kier alpha value is -2.49. The van der Waals surface area contributed by atoms with Crippen molar-refractivity contribution in [1.29, 1.82) is 0 Å². The van der Waals surface area contributed by atoms with E-state index in [1.54, 1.807) is 21.3 Å². The quantitative estimate of drug-likeness (QED) is 0.683. The number of hydrogen-bond donors (Lipinski definition) is 0. The van der Waals surface area contributed by atoms with E-state index >= 15 is 0 Å². The molecular formula is C16H15NO3. The van der Waals surface area contributed by atoms with Gasteiger partial charge in [0, 0.05) is 10.8 Å². The predicted octanol–water partition coefficient (Wildman–Crippen LogP) is 3.41. The van der Waals surface area contributed by atoms with Crippen LogP contribution in [-0.2, 0) is 0 Å². The molecule has 0 bridgehead atoms. The Labute approximate surface area is 116 Å². The molecule has 0 aliphatic carbocycles. The van der Waals surface area contributed by atoms with Gasteiger partial charge in [-0.1, -0.05) is 18.2 Å². The largest absolute Gasteiger partial charge is 0.493 e. The van der Waals surface area contributed by atoms with Crippen LogP contribution in [0.2, 0.25) is 0 Å². The molecule has 0 saturated carbocycles. The van der Waals surface area contributed by atoms with E-state index in [2.05, 4.69) is 11.1 Å². The van der Waals surface area contributed by atoms with Gasteiger partial charge in [0.05, 0.1) is 26.8 Å². The van der Waals surface area contributed by atoms with E-state index < -0.39 is 0 Å². The highest BCUT2D eigenvalue weighted by Crippen LogP contribution is 2.43. The lowest BCUT2D eigenvalue weighted by molar-refractivity contribution is 0.327. The van der Waals surface area contributed by atoms with Gasteiger partial charge < -0.3 is 14.2 Å². The number of aromatic nitrogens is 1. The van der Waals surface area contributed by atoms with Gasteiger partial charge in [-0.2, -0.15) is 0 Å². The summed E-state index contributed by atoms with van der Waals surface area (Å²) in [6, 6.07) is 12.0. The summed E-state index contributed by atoms with van der Waals surface area (Å²) in [7, 11) is 4.80. The number of pyridine rings is 1. The summed E-state index contributed by atoms with van der Waals surface area (Å²) in [4.78, 5) is 4.67. The number of rotatable bonds is 3. The zero-order valence-corrected chi connectivity index (χ0v) is 11.6. The highest BCUT2D eigenvalue weighted by molar-refractivity contribution is 5.98. The number of benzene rings is 2. The van der Waals surface area contributed by atoms with Gasteiger partial charge >= 0.3 is 0 Å². The summed E-state index contributed by atoms with van der Waals surface area (Å²) < 4.78 is 16.2. The molecule has 0 N–H and O–H groups in total. The van der Waals surface area contributed by atoms with Crippen LogP contribution >= 0.6 is 0 Å². The highest BCUT2D eigenvalue weighted by Gasteiger charge is 2.17. The van der Waals surface area contributed by atoms with Crippen LogP contribution in [0.3, 0.4) is 0 Å². The van der Waals surface area contributed by atoms with Gasteiger partial charge in [-0.05, 0) is 18.2 Å². The molecule has 20 heavy (non-hydrogen) atoms. The molecule has 3 aromatic rings. The van der Waals surface area contributed by atoms with Crippen molar-refractivity contribution in [3.05, 3.63) is 36.4 Å². The topological polar surface area (TPSA) is 40.6 Å². The molecular weight excluding hydrogens is 254 g/mol. The first-order valence-electron chi connectivity index (χ1n) is 6.27. The van der Waals surface area contributed by atoms with Crippen LogP contribution in [-0.4, -0.2) is 26.3 Å². The second kappa shape index (κ2) is 4.89. The Bertz CT molecular complexity index is 783. The van der Waals surface area contributed by atoms with Crippen molar-refractivity contribution >= 4 is 21.8 Å². The molecule has 0 amide bonds. The van der Waals surface area contributed by atoms with Gasteiger partial charge in [0.1, 0.15) is 5.52 Å². The average Bonchev–Trinajstić information content (AvgIpc) is 2.50. The number of ether oxygens (including phenoxy) is 3. The molecule has 2 aromatic carbocycles. The first-order valence-corrected chi connectivity index (χ1v) is 6.27. The first kappa shape index (κ1) is 12.5. The zero-order valence-electron chi connectivity index (χ0n) is 11.6. The van der Waals surface area contributed by atoms with E-state index in [0.717, 1.165) is 21.8 Å². The van der Waals surface area contributed by atoms with Crippen LogP contribution in [0.15, 0.2) is 36.4 Å². The maximum absolute atomic E-state index is 5.47. The molecule has 1 aromatic heterocycles. The fourth-order valence-corrected chi connectivity index (χ4v) is 2.38. The van der Waals surface area contributed by atoms with Crippen molar-refractivity contribution in [3.8, 4) is 17.2 Å². The van der Waals surface area contributed by atoms with Crippen molar-refractivity contribution in [2.24, 2.45) is 0 Å². The molecule has 0 saturated heterocycles. The normalized spacial score (nSPS) is 10.8. The third-order valence-corrected chi connectivity index (χ3v) is 3.31. The number of methoxy groups -OCH3 is 3. The van der Waals surface area contributed by atoms with Gasteiger partial charge in [-0.25, -0.2) is 4.98 Å². The number of nitrogens with zero attached hydrogens (tertiary/aromatic N) is 1. The van der Waals surface area contributed by atoms with Crippen LogP contribution in [0, 0.1) is 0 Å². The van der Waals surface area contributed by atoms with E-state index in [9.17, 15) is 0 Å². The summed E-state index contributed by atoms with van der Waals surface area (Å²) in [6.45, 7) is 0. The van der Waals surface area contributed by atoms with Gasteiger partial charge in [0.2, 0.25) is 5.75 Å². The molecule has 4 nitrogen and oxygen atoms in total. The maximum Gasteiger partial charge on any atom is 0.205 e. The van der Waals surface area contributed by atoms with E-state index in [4.69, 9.17) is 14.2 Å². The van der Waals surface area contributed by atoms with E-state index in [1.807, 2.05) is 30.3 Å². The second-order valence-electron chi connectivity index (χ2n) is 4.40. The van der Waals surface area contributed by atoms with Crippen LogP contribution in [0.5, 0.6) is 17.2 Å². The number of hydrogen-bond acceptors (Lipinski definition) is 4. The Morgan fingerprint density at radius 1 is 0.800 bits per heavy atom. The fraction of sp³-hybridized carbons (Fsp3) is 0.188. The summed E-state index contributed by atoms with van der Waals surface area (Å²) in [5.74, 6) is 1.78. The smallest absolute Gasteiger partial charge is 0.205 e. The van der Waals surface area contributed by atoms with Crippen molar-refractivity contribution in [2.75, 3.05) is 21.3 Å². The van der Waals surface area contributed by atoms with E-state index in [0.29, 0.717) is 17.2 Å². The standard InChI is InChI=1S/C16H15NO3/c1-18-13-9-11-8-10-6-4-5-7-12(10)17-14(11)16(20-3)15(13)19-2/h4-9H,1-3H3. The number of fused-ring (bicyclic) bond motifs is 2. The SMILES string of the molecule is COc1cc2cc3ccccc3nc2c(OC)c1OC. The summed E-state index contributed by atoms with van der Waals surface area (Å²) in [5, 5.41) is 2.03. The number of para-hydroxylation sites is 1. The Morgan fingerprint density at radius 3 is 2.25 bits per heavy atom. The third kappa shape index (κ3) is 1.81. The molecule has 0 radical (unpaired) electrons. The van der Waals surface area contributed by atoms with Crippen molar-refractivity contribution in [3.63, 3.8) is 0 Å². The molecule has 4 heteroatoms. The Morgan fingerprint density at radius 2 is 1.55 bits per heavy atom. The van der Waals surface area contributed by atoms with E-state index in [1.165, 1.54) is 0 Å². The van der Waals surface area contributed by atoms with Gasteiger partial charge in [0.25, 0.3) is 0 Å². The Kier molecular flexibility index (Phi) is 3.06. The minimum atomic E-state index is 0.560.